The van der Waals surface area contributed by atoms with Gasteiger partial charge >= 0.3 is 6.03 Å². The lowest BCUT2D eigenvalue weighted by atomic mass is 9.88. The summed E-state index contributed by atoms with van der Waals surface area (Å²) in [7, 11) is 0. The predicted octanol–water partition coefficient (Wildman–Crippen LogP) is 4.52. The molecule has 7 heteroatoms. The summed E-state index contributed by atoms with van der Waals surface area (Å²) in [6, 6.07) is 17.0. The van der Waals surface area contributed by atoms with Crippen molar-refractivity contribution in [1.82, 2.24) is 15.2 Å². The van der Waals surface area contributed by atoms with E-state index in [0.717, 1.165) is 26.1 Å². The van der Waals surface area contributed by atoms with Crippen LogP contribution in [0.15, 0.2) is 70.6 Å². The van der Waals surface area contributed by atoms with Gasteiger partial charge in [-0.2, -0.15) is 0 Å². The maximum atomic E-state index is 13.3. The number of fused-ring (bicyclic) bond motifs is 1. The monoisotopic (exact) mass is 403 g/mol. The number of nitrogens with zero attached hydrogens (tertiary/aromatic N) is 2. The zero-order valence-electron chi connectivity index (χ0n) is 15.6. The molecule has 1 aliphatic heterocycles. The van der Waals surface area contributed by atoms with Crippen LogP contribution in [0.2, 0.25) is 0 Å². The third kappa shape index (κ3) is 2.82. The molecule has 2 aromatic carbocycles. The van der Waals surface area contributed by atoms with Gasteiger partial charge < -0.3 is 9.73 Å². The number of urea groups is 1. The Labute approximate surface area is 170 Å². The van der Waals surface area contributed by atoms with E-state index in [9.17, 15) is 9.59 Å². The lowest BCUT2D eigenvalue weighted by Crippen LogP contribution is -2.41. The molecular weight excluding hydrogens is 386 g/mol. The van der Waals surface area contributed by atoms with Crippen molar-refractivity contribution in [2.75, 3.05) is 0 Å². The first-order chi connectivity index (χ1) is 14.1. The van der Waals surface area contributed by atoms with E-state index in [0.29, 0.717) is 11.7 Å². The zero-order chi connectivity index (χ0) is 20.0. The molecule has 1 saturated heterocycles. The summed E-state index contributed by atoms with van der Waals surface area (Å²) in [5.74, 6) is 0.618. The van der Waals surface area contributed by atoms with Gasteiger partial charge in [-0.25, -0.2) is 9.78 Å². The van der Waals surface area contributed by atoms with Gasteiger partial charge in [-0.1, -0.05) is 48.5 Å². The molecule has 1 unspecified atom stereocenters. The Kier molecular flexibility index (Phi) is 3.99. The molecule has 3 amide bonds. The van der Waals surface area contributed by atoms with Gasteiger partial charge in [-0.15, -0.1) is 11.3 Å². The van der Waals surface area contributed by atoms with Crippen molar-refractivity contribution in [3.63, 3.8) is 0 Å². The summed E-state index contributed by atoms with van der Waals surface area (Å²) >= 11 is 1.54. The van der Waals surface area contributed by atoms with Gasteiger partial charge in [0.15, 0.2) is 5.76 Å². The molecule has 1 aliphatic rings. The molecule has 144 valence electrons. The van der Waals surface area contributed by atoms with Gasteiger partial charge in [0.25, 0.3) is 5.91 Å². The van der Waals surface area contributed by atoms with E-state index < -0.39 is 11.6 Å². The fourth-order valence-electron chi connectivity index (χ4n) is 3.74. The summed E-state index contributed by atoms with van der Waals surface area (Å²) in [6.07, 6.45) is 1.61. The van der Waals surface area contributed by atoms with Crippen LogP contribution in [0, 0.1) is 0 Å². The maximum absolute atomic E-state index is 13.3. The lowest BCUT2D eigenvalue weighted by Gasteiger charge is -2.23. The number of hydrogen-bond acceptors (Lipinski definition) is 5. The molecule has 4 aromatic rings. The first-order valence-corrected chi connectivity index (χ1v) is 10.1. The van der Waals surface area contributed by atoms with Crippen LogP contribution in [0.25, 0.3) is 21.4 Å². The van der Waals surface area contributed by atoms with E-state index in [1.807, 2.05) is 60.0 Å². The lowest BCUT2D eigenvalue weighted by molar-refractivity contribution is -0.131. The molecule has 0 saturated carbocycles. The second-order valence-corrected chi connectivity index (χ2v) is 8.02. The summed E-state index contributed by atoms with van der Waals surface area (Å²) in [5, 5.41) is 6.76. The zero-order valence-corrected chi connectivity index (χ0v) is 16.4. The molecule has 6 nitrogen and oxygen atoms in total. The highest BCUT2D eigenvalue weighted by Crippen LogP contribution is 2.34. The Bertz CT molecular complexity index is 1230. The molecule has 29 heavy (non-hydrogen) atoms. The summed E-state index contributed by atoms with van der Waals surface area (Å²) < 4.78 is 5.76. The topological polar surface area (TPSA) is 75.4 Å². The number of nitrogens with one attached hydrogen (secondary N) is 1. The summed E-state index contributed by atoms with van der Waals surface area (Å²) in [5.41, 5.74) is -0.385. The molecule has 0 spiro atoms. The van der Waals surface area contributed by atoms with Crippen molar-refractivity contribution in [2.45, 2.75) is 19.0 Å². The fourth-order valence-corrected chi connectivity index (χ4v) is 4.41. The van der Waals surface area contributed by atoms with E-state index in [-0.39, 0.29) is 12.5 Å². The minimum absolute atomic E-state index is 0.0175. The molecule has 0 aliphatic carbocycles. The second kappa shape index (κ2) is 6.56. The van der Waals surface area contributed by atoms with Gasteiger partial charge in [0.2, 0.25) is 5.89 Å². The number of thiophene rings is 1. The number of oxazole rings is 1. The fraction of sp³-hybridized carbons (Fsp3) is 0.136. The van der Waals surface area contributed by atoms with Crippen molar-refractivity contribution in [3.05, 3.63) is 77.6 Å². The van der Waals surface area contributed by atoms with Crippen LogP contribution < -0.4 is 5.32 Å². The average Bonchev–Trinajstić information content (AvgIpc) is 3.46. The van der Waals surface area contributed by atoms with E-state index in [1.165, 1.54) is 11.3 Å². The van der Waals surface area contributed by atoms with Gasteiger partial charge in [0.05, 0.1) is 11.1 Å². The highest BCUT2D eigenvalue weighted by Gasteiger charge is 2.50. The summed E-state index contributed by atoms with van der Waals surface area (Å²) in [6.45, 7) is 1.72. The largest absolute Gasteiger partial charge is 0.438 e. The van der Waals surface area contributed by atoms with Crippen molar-refractivity contribution < 1.29 is 14.0 Å². The first kappa shape index (κ1) is 17.6. The van der Waals surface area contributed by atoms with Crippen LogP contribution in [0.4, 0.5) is 4.79 Å². The molecule has 1 N–H and O–H groups in total. The van der Waals surface area contributed by atoms with Gasteiger partial charge in [-0.05, 0) is 34.7 Å². The van der Waals surface area contributed by atoms with Gasteiger partial charge in [0.1, 0.15) is 12.1 Å². The molecule has 0 bridgehead atoms. The highest BCUT2D eigenvalue weighted by molar-refractivity contribution is 7.13. The number of hydrogen-bond donors (Lipinski definition) is 1. The number of rotatable bonds is 4. The average molecular weight is 403 g/mol. The van der Waals surface area contributed by atoms with Crippen molar-refractivity contribution in [3.8, 4) is 10.6 Å². The van der Waals surface area contributed by atoms with Gasteiger partial charge in [-0.3, -0.25) is 9.69 Å². The molecule has 1 fully saturated rings. The third-order valence-electron chi connectivity index (χ3n) is 5.21. The van der Waals surface area contributed by atoms with Crippen LogP contribution in [0.5, 0.6) is 0 Å². The van der Waals surface area contributed by atoms with E-state index in [4.69, 9.17) is 4.42 Å². The quantitative estimate of drug-likeness (QED) is 0.508. The smallest absolute Gasteiger partial charge is 0.325 e. The van der Waals surface area contributed by atoms with Crippen LogP contribution in [-0.2, 0) is 16.9 Å². The van der Waals surface area contributed by atoms with Gasteiger partial charge in [0, 0.05) is 0 Å². The molecule has 3 heterocycles. The van der Waals surface area contributed by atoms with Crippen LogP contribution >= 0.6 is 11.3 Å². The van der Waals surface area contributed by atoms with E-state index in [2.05, 4.69) is 10.3 Å². The third-order valence-corrected chi connectivity index (χ3v) is 6.10. The standard InChI is InChI=1S/C22H17N3O3S/c1-22(16-9-4-7-14-6-2-3-8-15(14)16)20(26)25(21(27)24-22)13-19-23-12-17(28-19)18-10-5-11-29-18/h2-12H,13H2,1H3,(H,24,27). The Morgan fingerprint density at radius 3 is 2.76 bits per heavy atom. The minimum atomic E-state index is -1.15. The van der Waals surface area contributed by atoms with E-state index >= 15 is 0 Å². The Balaban J connectivity index is 1.47. The molecule has 1 atom stereocenters. The van der Waals surface area contributed by atoms with Crippen molar-refractivity contribution >= 4 is 34.0 Å². The van der Waals surface area contributed by atoms with Crippen molar-refractivity contribution in [1.29, 1.82) is 0 Å². The number of aromatic nitrogens is 1. The van der Waals surface area contributed by atoms with Crippen LogP contribution in [0.3, 0.4) is 0 Å². The van der Waals surface area contributed by atoms with Crippen LogP contribution in [0.1, 0.15) is 18.4 Å². The SMILES string of the molecule is CC1(c2cccc3ccccc23)NC(=O)N(Cc2ncc(-c3cccs3)o2)C1=O. The predicted molar refractivity (Wildman–Crippen MR) is 110 cm³/mol. The minimum Gasteiger partial charge on any atom is -0.438 e. The molecular formula is C22H17N3O3S. The first-order valence-electron chi connectivity index (χ1n) is 9.17. The Morgan fingerprint density at radius 1 is 1.10 bits per heavy atom. The maximum Gasteiger partial charge on any atom is 0.325 e. The second-order valence-electron chi connectivity index (χ2n) is 7.07. The molecule has 5 rings (SSSR count). The number of carbonyl (C=O) groups excluding carboxylic acids is 2. The summed E-state index contributed by atoms with van der Waals surface area (Å²) in [4.78, 5) is 32.3. The van der Waals surface area contributed by atoms with Crippen LogP contribution in [-0.4, -0.2) is 21.8 Å². The highest BCUT2D eigenvalue weighted by atomic mass is 32.1. The van der Waals surface area contributed by atoms with E-state index in [1.54, 1.807) is 13.1 Å². The number of imide groups is 1. The molecule has 0 radical (unpaired) electrons. The molecule has 2 aromatic heterocycles. The Morgan fingerprint density at radius 2 is 1.93 bits per heavy atom. The normalized spacial score (nSPS) is 19.1. The Hall–Kier alpha value is -3.45. The number of amides is 3. The van der Waals surface area contributed by atoms with Crippen molar-refractivity contribution in [2.24, 2.45) is 0 Å². The number of benzene rings is 2. The number of carbonyl (C=O) groups is 2.